The van der Waals surface area contributed by atoms with Gasteiger partial charge in [-0.15, -0.1) is 0 Å². The van der Waals surface area contributed by atoms with E-state index in [9.17, 15) is 4.79 Å². The molecule has 0 aliphatic carbocycles. The standard InChI is InChI=1S/C26H27ClN2O3/c1-31-23-7-5-17-11-19(4-3-18(17)12-23)25-15-22(30)13-21-16-28(9-10-29(21)25)20-6-8-24(27)26(14-20)32-2/h3-8,11-12,14,21,25H,9-10,13,15-16H2,1-2H3. The first kappa shape index (κ1) is 21.1. The highest BCUT2D eigenvalue weighted by atomic mass is 35.5. The van der Waals surface area contributed by atoms with Crippen molar-refractivity contribution < 1.29 is 14.3 Å². The zero-order valence-corrected chi connectivity index (χ0v) is 19.1. The SMILES string of the molecule is COc1ccc2cc(C3CC(=O)CC4CN(c5ccc(Cl)c(OC)c5)CCN43)ccc2c1. The maximum atomic E-state index is 12.7. The van der Waals surface area contributed by atoms with Gasteiger partial charge in [-0.05, 0) is 46.7 Å². The number of carbonyl (C=O) groups excluding carboxylic acids is 1. The second-order valence-electron chi connectivity index (χ2n) is 8.59. The fourth-order valence-electron chi connectivity index (χ4n) is 5.11. The third kappa shape index (κ3) is 3.91. The van der Waals surface area contributed by atoms with Gasteiger partial charge in [-0.3, -0.25) is 9.69 Å². The van der Waals surface area contributed by atoms with Crippen molar-refractivity contribution >= 4 is 33.8 Å². The number of nitrogens with zero attached hydrogens (tertiary/aromatic N) is 2. The monoisotopic (exact) mass is 450 g/mol. The van der Waals surface area contributed by atoms with E-state index >= 15 is 0 Å². The largest absolute Gasteiger partial charge is 0.497 e. The summed E-state index contributed by atoms with van der Waals surface area (Å²) in [7, 11) is 3.32. The Morgan fingerprint density at radius 3 is 2.53 bits per heavy atom. The number of fused-ring (bicyclic) bond motifs is 2. The third-order valence-corrected chi connectivity index (χ3v) is 7.08. The molecule has 2 aliphatic rings. The smallest absolute Gasteiger partial charge is 0.139 e. The minimum Gasteiger partial charge on any atom is -0.497 e. The number of methoxy groups -OCH3 is 2. The molecule has 2 aliphatic heterocycles. The first-order chi connectivity index (χ1) is 15.6. The molecule has 2 saturated heterocycles. The Morgan fingerprint density at radius 2 is 1.72 bits per heavy atom. The number of hydrogen-bond donors (Lipinski definition) is 0. The number of ketones is 1. The Bertz CT molecular complexity index is 1170. The Morgan fingerprint density at radius 1 is 0.906 bits per heavy atom. The van der Waals surface area contributed by atoms with Crippen LogP contribution in [0.5, 0.6) is 11.5 Å². The van der Waals surface area contributed by atoms with Crippen LogP contribution in [-0.2, 0) is 4.79 Å². The molecule has 5 rings (SSSR count). The first-order valence-electron chi connectivity index (χ1n) is 11.0. The molecule has 0 spiro atoms. The lowest BCUT2D eigenvalue weighted by molar-refractivity contribution is -0.125. The summed E-state index contributed by atoms with van der Waals surface area (Å²) in [4.78, 5) is 17.6. The number of piperazine rings is 1. The van der Waals surface area contributed by atoms with Gasteiger partial charge in [-0.2, -0.15) is 0 Å². The summed E-state index contributed by atoms with van der Waals surface area (Å²) in [6, 6.07) is 18.9. The number of carbonyl (C=O) groups is 1. The maximum absolute atomic E-state index is 12.7. The van der Waals surface area contributed by atoms with Crippen molar-refractivity contribution in [1.29, 1.82) is 0 Å². The molecule has 0 aromatic heterocycles. The Hall–Kier alpha value is -2.76. The Kier molecular flexibility index (Phi) is 5.70. The van der Waals surface area contributed by atoms with Crippen molar-refractivity contribution in [1.82, 2.24) is 4.90 Å². The fraction of sp³-hybridized carbons (Fsp3) is 0.346. The van der Waals surface area contributed by atoms with Crippen molar-refractivity contribution in [3.8, 4) is 11.5 Å². The van der Waals surface area contributed by atoms with E-state index in [0.29, 0.717) is 29.4 Å². The second kappa shape index (κ2) is 8.64. The molecule has 6 heteroatoms. The summed E-state index contributed by atoms with van der Waals surface area (Å²) in [5.41, 5.74) is 2.29. The van der Waals surface area contributed by atoms with Gasteiger partial charge in [-0.1, -0.05) is 29.8 Å². The van der Waals surface area contributed by atoms with E-state index in [0.717, 1.165) is 36.5 Å². The predicted molar refractivity (Wildman–Crippen MR) is 128 cm³/mol. The van der Waals surface area contributed by atoms with Crippen LogP contribution in [0.15, 0.2) is 54.6 Å². The number of benzene rings is 3. The van der Waals surface area contributed by atoms with Crippen LogP contribution in [0.2, 0.25) is 5.02 Å². The summed E-state index contributed by atoms with van der Waals surface area (Å²) in [6.07, 6.45) is 1.18. The molecule has 5 nitrogen and oxygen atoms in total. The number of hydrogen-bond acceptors (Lipinski definition) is 5. The topological polar surface area (TPSA) is 42.0 Å². The number of halogens is 1. The van der Waals surface area contributed by atoms with Gasteiger partial charge in [0.1, 0.15) is 17.3 Å². The zero-order chi connectivity index (χ0) is 22.2. The minimum absolute atomic E-state index is 0.120. The van der Waals surface area contributed by atoms with Crippen molar-refractivity contribution in [3.05, 3.63) is 65.2 Å². The van der Waals surface area contributed by atoms with Crippen molar-refractivity contribution in [2.75, 3.05) is 38.8 Å². The molecule has 32 heavy (non-hydrogen) atoms. The summed E-state index contributed by atoms with van der Waals surface area (Å²) >= 11 is 6.21. The van der Waals surface area contributed by atoms with Gasteiger partial charge < -0.3 is 14.4 Å². The van der Waals surface area contributed by atoms with Gasteiger partial charge >= 0.3 is 0 Å². The van der Waals surface area contributed by atoms with Crippen LogP contribution >= 0.6 is 11.6 Å². The molecule has 2 unspecified atom stereocenters. The Balaban J connectivity index is 1.40. The van der Waals surface area contributed by atoms with Crippen LogP contribution in [0.4, 0.5) is 5.69 Å². The van der Waals surface area contributed by atoms with Crippen molar-refractivity contribution in [3.63, 3.8) is 0 Å². The second-order valence-corrected chi connectivity index (χ2v) is 9.00. The van der Waals surface area contributed by atoms with Gasteiger partial charge in [0.2, 0.25) is 0 Å². The Labute approximate surface area is 193 Å². The minimum atomic E-state index is 0.120. The van der Waals surface area contributed by atoms with Crippen molar-refractivity contribution in [2.45, 2.75) is 24.9 Å². The van der Waals surface area contributed by atoms with Crippen LogP contribution in [-0.4, -0.2) is 50.6 Å². The average molecular weight is 451 g/mol. The summed E-state index contributed by atoms with van der Waals surface area (Å²) in [6.45, 7) is 2.63. The maximum Gasteiger partial charge on any atom is 0.139 e. The first-order valence-corrected chi connectivity index (χ1v) is 11.4. The molecule has 2 atom stereocenters. The lowest BCUT2D eigenvalue weighted by atomic mass is 9.87. The third-order valence-electron chi connectivity index (χ3n) is 6.77. The summed E-state index contributed by atoms with van der Waals surface area (Å²) < 4.78 is 10.7. The number of ether oxygens (including phenoxy) is 2. The van der Waals surface area contributed by atoms with Crippen LogP contribution in [0.25, 0.3) is 10.8 Å². The van der Waals surface area contributed by atoms with Crippen LogP contribution in [0, 0.1) is 0 Å². The number of piperidine rings is 1. The van der Waals surface area contributed by atoms with E-state index in [1.54, 1.807) is 14.2 Å². The van der Waals surface area contributed by atoms with E-state index in [1.807, 2.05) is 30.3 Å². The molecule has 0 radical (unpaired) electrons. The van der Waals surface area contributed by atoms with E-state index in [-0.39, 0.29) is 12.1 Å². The highest BCUT2D eigenvalue weighted by Crippen LogP contribution is 2.38. The predicted octanol–water partition coefficient (Wildman–Crippen LogP) is 5.11. The summed E-state index contributed by atoms with van der Waals surface area (Å²) in [5.74, 6) is 1.87. The number of anilines is 1. The lowest BCUT2D eigenvalue weighted by Gasteiger charge is -2.48. The van der Waals surface area contributed by atoms with Crippen molar-refractivity contribution in [2.24, 2.45) is 0 Å². The molecule has 3 aromatic carbocycles. The normalized spacial score (nSPS) is 21.5. The van der Waals surface area contributed by atoms with Crippen LogP contribution < -0.4 is 14.4 Å². The highest BCUT2D eigenvalue weighted by molar-refractivity contribution is 6.32. The zero-order valence-electron chi connectivity index (χ0n) is 18.4. The van der Waals surface area contributed by atoms with Gasteiger partial charge in [-0.25, -0.2) is 0 Å². The molecule has 3 aromatic rings. The van der Waals surface area contributed by atoms with Gasteiger partial charge in [0.15, 0.2) is 0 Å². The molecular formula is C26H27ClN2O3. The van der Waals surface area contributed by atoms with E-state index in [2.05, 4.69) is 34.1 Å². The van der Waals surface area contributed by atoms with E-state index < -0.39 is 0 Å². The van der Waals surface area contributed by atoms with E-state index in [1.165, 1.54) is 10.9 Å². The fourth-order valence-corrected chi connectivity index (χ4v) is 5.30. The van der Waals surface area contributed by atoms with E-state index in [4.69, 9.17) is 21.1 Å². The number of rotatable bonds is 4. The molecule has 0 saturated carbocycles. The quantitative estimate of drug-likeness (QED) is 0.552. The molecule has 2 heterocycles. The molecule has 2 fully saturated rings. The highest BCUT2D eigenvalue weighted by Gasteiger charge is 2.39. The molecule has 0 N–H and O–H groups in total. The molecular weight excluding hydrogens is 424 g/mol. The van der Waals surface area contributed by atoms with Crippen LogP contribution in [0.3, 0.4) is 0 Å². The number of Topliss-reactive ketones (excluding diaryl/α,β-unsaturated/α-hetero) is 1. The summed E-state index contributed by atoms with van der Waals surface area (Å²) in [5, 5.41) is 2.93. The molecule has 0 amide bonds. The molecule has 166 valence electrons. The van der Waals surface area contributed by atoms with Gasteiger partial charge in [0.25, 0.3) is 0 Å². The van der Waals surface area contributed by atoms with Crippen LogP contribution in [0.1, 0.15) is 24.4 Å². The lowest BCUT2D eigenvalue weighted by Crippen LogP contribution is -2.57. The average Bonchev–Trinajstić information content (AvgIpc) is 2.82. The van der Waals surface area contributed by atoms with Gasteiger partial charge in [0.05, 0.1) is 19.2 Å². The van der Waals surface area contributed by atoms with Gasteiger partial charge in [0, 0.05) is 56.3 Å². The molecule has 0 bridgehead atoms.